The molecule has 6 rings (SSSR count). The first kappa shape index (κ1) is 35.4. The van der Waals surface area contributed by atoms with Gasteiger partial charge in [-0.25, -0.2) is 19.6 Å². The fourth-order valence-corrected chi connectivity index (χ4v) is 9.29. The van der Waals surface area contributed by atoms with Crippen molar-refractivity contribution in [2.45, 2.75) is 77.5 Å². The average molecular weight is 725 g/mol. The number of imidazole rings is 2. The monoisotopic (exact) mass is 724 g/mol. The molecule has 4 amide bonds. The zero-order valence-electron chi connectivity index (χ0n) is 29.1. The highest BCUT2D eigenvalue weighted by molar-refractivity contribution is 7.27. The molecule has 2 aliphatic heterocycles. The van der Waals surface area contributed by atoms with Gasteiger partial charge in [-0.05, 0) is 37.5 Å². The van der Waals surface area contributed by atoms with Gasteiger partial charge in [-0.3, -0.25) is 9.59 Å². The van der Waals surface area contributed by atoms with Crippen LogP contribution >= 0.6 is 22.7 Å². The fourth-order valence-electron chi connectivity index (χ4n) is 6.86. The average Bonchev–Trinajstić information content (AvgIpc) is 3.94. The topological polar surface area (TPSA) is 175 Å². The maximum Gasteiger partial charge on any atom is 0.407 e. The van der Waals surface area contributed by atoms with Crippen molar-refractivity contribution >= 4 is 56.1 Å². The van der Waals surface area contributed by atoms with Crippen molar-refractivity contribution in [2.75, 3.05) is 27.3 Å². The number of aromatic amines is 2. The molecule has 14 nitrogen and oxygen atoms in total. The van der Waals surface area contributed by atoms with Crippen molar-refractivity contribution in [1.82, 2.24) is 40.4 Å². The quantitative estimate of drug-likeness (QED) is 0.158. The number of ether oxygens (including phenoxy) is 2. The number of aromatic nitrogens is 4. The summed E-state index contributed by atoms with van der Waals surface area (Å²) in [5.41, 5.74) is 3.82. The predicted octanol–water partition coefficient (Wildman–Crippen LogP) is 5.83. The summed E-state index contributed by atoms with van der Waals surface area (Å²) in [6, 6.07) is -1.83. The van der Waals surface area contributed by atoms with Gasteiger partial charge in [-0.2, -0.15) is 0 Å². The number of hydrogen-bond acceptors (Lipinski definition) is 10. The number of nitrogens with zero attached hydrogens (tertiary/aromatic N) is 4. The van der Waals surface area contributed by atoms with Crippen LogP contribution < -0.4 is 10.6 Å². The van der Waals surface area contributed by atoms with Gasteiger partial charge in [0, 0.05) is 35.0 Å². The van der Waals surface area contributed by atoms with Crippen LogP contribution in [0.3, 0.4) is 0 Å². The Balaban J connectivity index is 1.20. The van der Waals surface area contributed by atoms with E-state index in [9.17, 15) is 19.2 Å². The Kier molecular flexibility index (Phi) is 10.5. The molecular weight excluding hydrogens is 681 g/mol. The van der Waals surface area contributed by atoms with E-state index in [0.717, 1.165) is 69.2 Å². The standard InChI is InChI=1S/C34H44N8O6S2/c1-17(2)25(39-33(45)47-5)31(43)41-11-7-9-23(41)29-35-13-21(37-29)19-15-49-28-20(16-50-27(19)28)22-14-36-30(38-22)24-10-8-12-42(24)32(44)26(18(3)4)40-34(46)48-6/h13-18,23-26H,7-12H2,1-6H3,(H,35,37)(H,36,38)(H,39,45)(H,40,46)/t23-,24-,25-,26-/m1/s1. The summed E-state index contributed by atoms with van der Waals surface area (Å²) in [5, 5.41) is 9.62. The number of alkyl carbamates (subject to hydrolysis) is 2. The molecule has 4 aromatic heterocycles. The number of thiophene rings is 2. The van der Waals surface area contributed by atoms with Crippen LogP contribution in [0, 0.1) is 11.8 Å². The Morgan fingerprint density at radius 1 is 0.740 bits per heavy atom. The van der Waals surface area contributed by atoms with E-state index in [1.54, 1.807) is 22.7 Å². The molecular formula is C34H44N8O6S2. The van der Waals surface area contributed by atoms with E-state index >= 15 is 0 Å². The van der Waals surface area contributed by atoms with Crippen molar-refractivity contribution in [3.8, 4) is 22.5 Å². The highest BCUT2D eigenvalue weighted by atomic mass is 32.1. The van der Waals surface area contributed by atoms with Crippen molar-refractivity contribution in [1.29, 1.82) is 0 Å². The van der Waals surface area contributed by atoms with E-state index in [1.165, 1.54) is 14.2 Å². The summed E-state index contributed by atoms with van der Waals surface area (Å²) < 4.78 is 11.7. The molecule has 0 bridgehead atoms. The SMILES string of the molecule is COC(=O)N[C@@H](C(=O)N1CCC[C@@H]1c1ncc(-c2csc3c(-c4cnc([C@H]5CCCN5C(=O)[C@H](NC(=O)OC)C(C)C)[nH]4)csc23)[nH]1)C(C)C. The van der Waals surface area contributed by atoms with E-state index in [2.05, 4.69) is 31.4 Å². The first-order valence-electron chi connectivity index (χ1n) is 16.9. The molecule has 0 spiro atoms. The third-order valence-electron chi connectivity index (χ3n) is 9.54. The van der Waals surface area contributed by atoms with Crippen LogP contribution in [-0.2, 0) is 19.1 Å². The number of likely N-dealkylation sites (tertiary alicyclic amines) is 2. The number of amides is 4. The molecule has 50 heavy (non-hydrogen) atoms. The van der Waals surface area contributed by atoms with Crippen LogP contribution in [0.5, 0.6) is 0 Å². The first-order valence-corrected chi connectivity index (χ1v) is 18.7. The lowest BCUT2D eigenvalue weighted by atomic mass is 10.0. The molecule has 0 unspecified atom stereocenters. The third-order valence-corrected chi connectivity index (χ3v) is 11.7. The third kappa shape index (κ3) is 6.82. The van der Waals surface area contributed by atoms with Crippen LogP contribution in [-0.4, -0.2) is 93.1 Å². The lowest BCUT2D eigenvalue weighted by Gasteiger charge is -2.30. The first-order chi connectivity index (χ1) is 24.0. The second-order valence-corrected chi connectivity index (χ2v) is 15.2. The summed E-state index contributed by atoms with van der Waals surface area (Å²) in [6.45, 7) is 8.77. The normalized spacial score (nSPS) is 19.0. The van der Waals surface area contributed by atoms with E-state index in [0.29, 0.717) is 13.1 Å². The highest BCUT2D eigenvalue weighted by Gasteiger charge is 2.39. The Morgan fingerprint density at radius 3 is 1.50 bits per heavy atom. The number of nitrogens with one attached hydrogen (secondary N) is 4. The number of H-pyrrole nitrogens is 2. The van der Waals surface area contributed by atoms with E-state index in [1.807, 2.05) is 49.9 Å². The number of carbonyl (C=O) groups is 4. The summed E-state index contributed by atoms with van der Waals surface area (Å²) in [7, 11) is 2.57. The van der Waals surface area contributed by atoms with Gasteiger partial charge in [0.15, 0.2) is 0 Å². The molecule has 0 radical (unpaired) electrons. The maximum atomic E-state index is 13.6. The van der Waals surface area contributed by atoms with E-state index in [4.69, 9.17) is 19.4 Å². The molecule has 268 valence electrons. The zero-order chi connectivity index (χ0) is 35.7. The molecule has 6 heterocycles. The minimum atomic E-state index is -0.695. The van der Waals surface area contributed by atoms with E-state index < -0.39 is 24.3 Å². The van der Waals surface area contributed by atoms with Gasteiger partial charge in [-0.15, -0.1) is 22.7 Å². The minimum Gasteiger partial charge on any atom is -0.453 e. The zero-order valence-corrected chi connectivity index (χ0v) is 30.7. The van der Waals surface area contributed by atoms with Crippen molar-refractivity contribution < 1.29 is 28.7 Å². The number of rotatable bonds is 10. The van der Waals surface area contributed by atoms with Gasteiger partial charge < -0.3 is 39.9 Å². The number of methoxy groups -OCH3 is 2. The number of carbonyl (C=O) groups excluding carboxylic acids is 4. The van der Waals surface area contributed by atoms with Crippen LogP contribution in [0.4, 0.5) is 9.59 Å². The smallest absolute Gasteiger partial charge is 0.407 e. The lowest BCUT2D eigenvalue weighted by molar-refractivity contribution is -0.136. The second kappa shape index (κ2) is 14.8. The fraction of sp³-hybridized carbons (Fsp3) is 0.529. The molecule has 4 N–H and O–H groups in total. The van der Waals surface area contributed by atoms with Crippen LogP contribution in [0.2, 0.25) is 0 Å². The molecule has 4 atom stereocenters. The molecule has 0 aliphatic carbocycles. The lowest BCUT2D eigenvalue weighted by Crippen LogP contribution is -2.51. The van der Waals surface area contributed by atoms with E-state index in [-0.39, 0.29) is 35.7 Å². The molecule has 0 aromatic carbocycles. The van der Waals surface area contributed by atoms with Crippen LogP contribution in [0.25, 0.3) is 31.9 Å². The molecule has 2 saturated heterocycles. The van der Waals surface area contributed by atoms with Crippen molar-refractivity contribution in [3.63, 3.8) is 0 Å². The summed E-state index contributed by atoms with van der Waals surface area (Å²) in [5.74, 6) is 0.929. The predicted molar refractivity (Wildman–Crippen MR) is 191 cm³/mol. The molecule has 0 saturated carbocycles. The van der Waals surface area contributed by atoms with Gasteiger partial charge in [0.2, 0.25) is 11.8 Å². The molecule has 4 aromatic rings. The Morgan fingerprint density at radius 2 is 1.14 bits per heavy atom. The van der Waals surface area contributed by atoms with Gasteiger partial charge in [-0.1, -0.05) is 27.7 Å². The highest BCUT2D eigenvalue weighted by Crippen LogP contribution is 2.44. The molecule has 2 aliphatic rings. The largest absolute Gasteiger partial charge is 0.453 e. The summed E-state index contributed by atoms with van der Waals surface area (Å²) in [4.78, 5) is 71.1. The van der Waals surface area contributed by atoms with Crippen molar-refractivity contribution in [2.24, 2.45) is 11.8 Å². The van der Waals surface area contributed by atoms with Crippen molar-refractivity contribution in [3.05, 3.63) is 34.8 Å². The second-order valence-electron chi connectivity index (χ2n) is 13.4. The Labute approximate surface area is 298 Å². The summed E-state index contributed by atoms with van der Waals surface area (Å²) in [6.07, 6.45) is 5.62. The van der Waals surface area contributed by atoms with Gasteiger partial charge in [0.1, 0.15) is 23.7 Å². The Bertz CT molecular complexity index is 1730. The van der Waals surface area contributed by atoms with Gasteiger partial charge in [0.05, 0.1) is 59.5 Å². The Hall–Kier alpha value is -4.44. The van der Waals surface area contributed by atoms with Crippen LogP contribution in [0.15, 0.2) is 23.2 Å². The van der Waals surface area contributed by atoms with Crippen LogP contribution in [0.1, 0.15) is 77.1 Å². The number of hydrogen-bond donors (Lipinski definition) is 4. The van der Waals surface area contributed by atoms with Gasteiger partial charge in [0.25, 0.3) is 0 Å². The molecule has 2 fully saturated rings. The summed E-state index contributed by atoms with van der Waals surface area (Å²) >= 11 is 3.28. The number of fused-ring (bicyclic) bond motifs is 1. The molecule has 16 heteroatoms. The minimum absolute atomic E-state index is 0.111. The maximum absolute atomic E-state index is 13.6. The van der Waals surface area contributed by atoms with Gasteiger partial charge >= 0.3 is 12.2 Å².